The molecule has 0 spiro atoms. The van der Waals surface area contributed by atoms with E-state index in [1.807, 2.05) is 0 Å². The number of aromatic nitrogens is 2. The molecule has 0 N–H and O–H groups in total. The van der Waals surface area contributed by atoms with Crippen molar-refractivity contribution in [3.8, 4) is 0 Å². The molecule has 3 nitrogen and oxygen atoms in total. The van der Waals surface area contributed by atoms with Crippen molar-refractivity contribution in [2.24, 2.45) is 0 Å². The van der Waals surface area contributed by atoms with Gasteiger partial charge in [0.15, 0.2) is 0 Å². The Morgan fingerprint density at radius 3 is 2.60 bits per heavy atom. The molecule has 0 atom stereocenters. The van der Waals surface area contributed by atoms with Gasteiger partial charge < -0.3 is 17.5 Å². The van der Waals surface area contributed by atoms with E-state index in [4.69, 9.17) is 4.52 Å². The summed E-state index contributed by atoms with van der Waals surface area (Å²) in [6, 6.07) is 1.01. The van der Waals surface area contributed by atoms with Crippen LogP contribution in [0.25, 0.3) is 11.1 Å². The van der Waals surface area contributed by atoms with Gasteiger partial charge in [0.2, 0.25) is 0 Å². The Morgan fingerprint density at radius 1 is 1.33 bits per heavy atom. The summed E-state index contributed by atoms with van der Waals surface area (Å²) >= 11 is 0. The van der Waals surface area contributed by atoms with Crippen molar-refractivity contribution in [1.82, 2.24) is 10.1 Å². The molecule has 0 aliphatic carbocycles. The minimum Gasteiger partial charge on any atom is -0.445 e. The molecule has 2 rings (SSSR count). The van der Waals surface area contributed by atoms with E-state index < -0.39 is 12.4 Å². The van der Waals surface area contributed by atoms with E-state index >= 15 is 0 Å². The molecule has 0 aromatic carbocycles. The largest absolute Gasteiger partial charge is 1.00 e. The fourth-order valence-electron chi connectivity index (χ4n) is 1.14. The summed E-state index contributed by atoms with van der Waals surface area (Å²) in [5.74, 6) is 0. The SMILES string of the molecule is Cc1noc2ncc([B-](F)(F)F)cc12.[K+]. The predicted molar refractivity (Wildman–Crippen MR) is 45.3 cm³/mol. The van der Waals surface area contributed by atoms with E-state index in [0.29, 0.717) is 11.1 Å². The van der Waals surface area contributed by atoms with E-state index in [9.17, 15) is 12.9 Å². The maximum absolute atomic E-state index is 12.3. The molecule has 0 saturated heterocycles. The van der Waals surface area contributed by atoms with Crippen LogP contribution in [0.3, 0.4) is 0 Å². The van der Waals surface area contributed by atoms with Crippen molar-refractivity contribution >= 4 is 23.5 Å². The predicted octanol–water partition coefficient (Wildman–Crippen LogP) is -1.41. The van der Waals surface area contributed by atoms with E-state index in [1.54, 1.807) is 6.92 Å². The van der Waals surface area contributed by atoms with Gasteiger partial charge in [-0.3, -0.25) is 0 Å². The summed E-state index contributed by atoms with van der Waals surface area (Å²) in [5, 5.41) is 3.83. The zero-order valence-corrected chi connectivity index (χ0v) is 11.3. The van der Waals surface area contributed by atoms with Crippen LogP contribution in [0.4, 0.5) is 12.9 Å². The fraction of sp³-hybridized carbons (Fsp3) is 0.143. The molecule has 74 valence electrons. The van der Waals surface area contributed by atoms with Crippen molar-refractivity contribution in [2.45, 2.75) is 6.92 Å². The van der Waals surface area contributed by atoms with Crippen molar-refractivity contribution in [1.29, 1.82) is 0 Å². The minimum absolute atomic E-state index is 0. The molecule has 0 saturated carbocycles. The van der Waals surface area contributed by atoms with Crippen LogP contribution in [-0.2, 0) is 0 Å². The standard InChI is InChI=1S/C7H5BF3N2O.K/c1-4-6-2-5(8(9,10)11)3-12-7(6)14-13-4;/h2-3H,1H3;/q-1;+1. The van der Waals surface area contributed by atoms with Crippen molar-refractivity contribution < 1.29 is 68.9 Å². The average molecular weight is 240 g/mol. The summed E-state index contributed by atoms with van der Waals surface area (Å²) in [5.41, 5.74) is -0.190. The Hall–Kier alpha value is 0.111. The van der Waals surface area contributed by atoms with E-state index in [0.717, 1.165) is 12.3 Å². The average Bonchev–Trinajstić information content (AvgIpc) is 2.46. The Kier molecular flexibility index (Phi) is 3.99. The van der Waals surface area contributed by atoms with Gasteiger partial charge in [-0.25, -0.2) is 4.98 Å². The molecule has 2 aromatic rings. The van der Waals surface area contributed by atoms with Gasteiger partial charge in [0, 0.05) is 6.20 Å². The molecule has 0 amide bonds. The van der Waals surface area contributed by atoms with Crippen LogP contribution < -0.4 is 56.8 Å². The molecule has 0 fully saturated rings. The van der Waals surface area contributed by atoms with E-state index in [1.165, 1.54) is 0 Å². The van der Waals surface area contributed by atoms with Gasteiger partial charge in [-0.05, 0) is 6.92 Å². The van der Waals surface area contributed by atoms with E-state index in [-0.39, 0.29) is 57.1 Å². The Balaban J connectivity index is 0.00000112. The second-order valence-electron chi connectivity index (χ2n) is 2.96. The first-order valence-electron chi connectivity index (χ1n) is 3.90. The van der Waals surface area contributed by atoms with Crippen LogP contribution in [0.2, 0.25) is 0 Å². The van der Waals surface area contributed by atoms with Gasteiger partial charge in [-0.15, -0.1) is 0 Å². The van der Waals surface area contributed by atoms with Crippen LogP contribution in [0.15, 0.2) is 16.8 Å². The monoisotopic (exact) mass is 240 g/mol. The summed E-state index contributed by atoms with van der Waals surface area (Å²) in [4.78, 5) is 3.53. The zero-order chi connectivity index (χ0) is 10.3. The smallest absolute Gasteiger partial charge is 0.445 e. The second-order valence-corrected chi connectivity index (χ2v) is 2.96. The van der Waals surface area contributed by atoms with Crippen molar-refractivity contribution in [3.05, 3.63) is 18.0 Å². The fourth-order valence-corrected chi connectivity index (χ4v) is 1.14. The van der Waals surface area contributed by atoms with Gasteiger partial charge in [-0.1, -0.05) is 16.7 Å². The first-order valence-corrected chi connectivity index (χ1v) is 3.90. The van der Waals surface area contributed by atoms with Crippen LogP contribution in [-0.4, -0.2) is 17.1 Å². The quantitative estimate of drug-likeness (QED) is 0.575. The summed E-state index contributed by atoms with van der Waals surface area (Å²) in [6.07, 6.45) is 0.757. The molecule has 0 bridgehead atoms. The topological polar surface area (TPSA) is 38.9 Å². The number of pyridine rings is 1. The summed E-state index contributed by atoms with van der Waals surface area (Å²) in [6.45, 7) is -3.44. The number of halogens is 3. The van der Waals surface area contributed by atoms with Crippen molar-refractivity contribution in [2.75, 3.05) is 0 Å². The molecule has 15 heavy (non-hydrogen) atoms. The van der Waals surface area contributed by atoms with Gasteiger partial charge in [-0.2, -0.15) is 0 Å². The molecular weight excluding hydrogens is 235 g/mol. The molecular formula is C7H5BF3KN2O. The molecule has 2 aromatic heterocycles. The summed E-state index contributed by atoms with van der Waals surface area (Å²) < 4.78 is 41.7. The molecule has 0 aliphatic heterocycles. The maximum Gasteiger partial charge on any atom is 1.00 e. The third kappa shape index (κ3) is 2.62. The number of rotatable bonds is 1. The molecule has 0 radical (unpaired) electrons. The molecule has 8 heteroatoms. The third-order valence-electron chi connectivity index (χ3n) is 1.91. The van der Waals surface area contributed by atoms with E-state index in [2.05, 4.69) is 10.1 Å². The number of aryl methyl sites for hydroxylation is 1. The van der Waals surface area contributed by atoms with Crippen LogP contribution in [0.5, 0.6) is 0 Å². The maximum atomic E-state index is 12.3. The van der Waals surface area contributed by atoms with Gasteiger partial charge >= 0.3 is 58.4 Å². The number of hydrogen-bond acceptors (Lipinski definition) is 3. The number of hydrogen-bond donors (Lipinski definition) is 0. The van der Waals surface area contributed by atoms with Gasteiger partial charge in [0.05, 0.1) is 11.1 Å². The van der Waals surface area contributed by atoms with Crippen LogP contribution in [0, 0.1) is 6.92 Å². The molecule has 2 heterocycles. The molecule has 0 aliphatic rings. The Bertz CT molecular complexity index is 485. The van der Waals surface area contributed by atoms with Crippen molar-refractivity contribution in [3.63, 3.8) is 0 Å². The third-order valence-corrected chi connectivity index (χ3v) is 1.91. The van der Waals surface area contributed by atoms with Crippen LogP contribution in [0.1, 0.15) is 5.69 Å². The van der Waals surface area contributed by atoms with Gasteiger partial charge in [0.1, 0.15) is 0 Å². The minimum atomic E-state index is -5.01. The van der Waals surface area contributed by atoms with Crippen LogP contribution >= 0.6 is 0 Å². The first kappa shape index (κ1) is 13.2. The van der Waals surface area contributed by atoms with Gasteiger partial charge in [0.25, 0.3) is 5.71 Å². The molecule has 0 unspecified atom stereocenters. The second kappa shape index (κ2) is 4.54. The first-order chi connectivity index (χ1) is 6.48. The Morgan fingerprint density at radius 2 is 2.00 bits per heavy atom. The number of fused-ring (bicyclic) bond motifs is 1. The zero-order valence-electron chi connectivity index (χ0n) is 8.17. The number of nitrogens with zero attached hydrogens (tertiary/aromatic N) is 2. The Labute approximate surface area is 126 Å². The summed E-state index contributed by atoms with van der Waals surface area (Å²) in [7, 11) is 0. The normalized spacial score (nSPS) is 11.5.